The molecular formula is C21H29N3O3. The number of nitrogens with one attached hydrogen (secondary N) is 1. The number of amides is 2. The van der Waals surface area contributed by atoms with Gasteiger partial charge in [-0.15, -0.1) is 0 Å². The number of anilines is 2. The Kier molecular flexibility index (Phi) is 7.05. The minimum Gasteiger partial charge on any atom is -0.467 e. The summed E-state index contributed by atoms with van der Waals surface area (Å²) in [5.41, 5.74) is 2.70. The highest BCUT2D eigenvalue weighted by atomic mass is 16.3. The molecule has 0 aliphatic carbocycles. The number of hydrogen-bond donors (Lipinski definition) is 1. The van der Waals surface area contributed by atoms with Crippen LogP contribution in [0.3, 0.4) is 0 Å². The predicted molar refractivity (Wildman–Crippen MR) is 107 cm³/mol. The first kappa shape index (κ1) is 20.6. The van der Waals surface area contributed by atoms with Crippen molar-refractivity contribution in [3.05, 3.63) is 47.9 Å². The molecule has 0 radical (unpaired) electrons. The van der Waals surface area contributed by atoms with Gasteiger partial charge in [0.1, 0.15) is 5.76 Å². The van der Waals surface area contributed by atoms with Gasteiger partial charge >= 0.3 is 0 Å². The van der Waals surface area contributed by atoms with E-state index in [2.05, 4.69) is 5.32 Å². The van der Waals surface area contributed by atoms with E-state index in [1.165, 1.54) is 0 Å². The smallest absolute Gasteiger partial charge is 0.224 e. The monoisotopic (exact) mass is 371 g/mol. The third-order valence-electron chi connectivity index (χ3n) is 4.17. The van der Waals surface area contributed by atoms with E-state index in [-0.39, 0.29) is 11.8 Å². The Labute approximate surface area is 161 Å². The zero-order valence-electron chi connectivity index (χ0n) is 16.8. The van der Waals surface area contributed by atoms with Gasteiger partial charge in [-0.3, -0.25) is 9.59 Å². The SMILES string of the molecule is CC(=O)N(Cc1ccco1)Cc1cc(NC(=O)CC(C)C)ccc1N(C)C. The lowest BCUT2D eigenvalue weighted by atomic mass is 10.1. The summed E-state index contributed by atoms with van der Waals surface area (Å²) in [7, 11) is 3.92. The molecule has 146 valence electrons. The second-order valence-corrected chi connectivity index (χ2v) is 7.34. The van der Waals surface area contributed by atoms with Crippen LogP contribution in [0, 0.1) is 5.92 Å². The summed E-state index contributed by atoms with van der Waals surface area (Å²) >= 11 is 0. The zero-order valence-corrected chi connectivity index (χ0v) is 16.8. The van der Waals surface area contributed by atoms with E-state index in [1.54, 1.807) is 18.1 Å². The largest absolute Gasteiger partial charge is 0.467 e. The molecule has 2 rings (SSSR count). The summed E-state index contributed by atoms with van der Waals surface area (Å²) in [6, 6.07) is 9.45. The summed E-state index contributed by atoms with van der Waals surface area (Å²) in [5.74, 6) is 0.989. The number of nitrogens with zero attached hydrogens (tertiary/aromatic N) is 2. The molecule has 0 saturated carbocycles. The van der Waals surface area contributed by atoms with Crippen molar-refractivity contribution in [2.45, 2.75) is 40.3 Å². The number of carbonyl (C=O) groups excluding carboxylic acids is 2. The van der Waals surface area contributed by atoms with Gasteiger partial charge in [-0.2, -0.15) is 0 Å². The summed E-state index contributed by atoms with van der Waals surface area (Å²) in [6.07, 6.45) is 2.08. The highest BCUT2D eigenvalue weighted by Gasteiger charge is 2.16. The molecule has 0 unspecified atom stereocenters. The number of rotatable bonds is 8. The quantitative estimate of drug-likeness (QED) is 0.765. The second kappa shape index (κ2) is 9.26. The molecule has 0 aliphatic heterocycles. The lowest BCUT2D eigenvalue weighted by molar-refractivity contribution is -0.130. The third-order valence-corrected chi connectivity index (χ3v) is 4.17. The fourth-order valence-corrected chi connectivity index (χ4v) is 2.88. The van der Waals surface area contributed by atoms with Gasteiger partial charge < -0.3 is 19.5 Å². The number of furan rings is 1. The summed E-state index contributed by atoms with van der Waals surface area (Å²) < 4.78 is 5.38. The van der Waals surface area contributed by atoms with Gasteiger partial charge in [-0.1, -0.05) is 13.8 Å². The molecular weight excluding hydrogens is 342 g/mol. The molecule has 1 aromatic heterocycles. The Morgan fingerprint density at radius 3 is 2.44 bits per heavy atom. The van der Waals surface area contributed by atoms with E-state index in [0.29, 0.717) is 25.4 Å². The average molecular weight is 371 g/mol. The molecule has 1 N–H and O–H groups in total. The Morgan fingerprint density at radius 2 is 1.89 bits per heavy atom. The number of carbonyl (C=O) groups is 2. The molecule has 0 atom stereocenters. The van der Waals surface area contributed by atoms with E-state index in [9.17, 15) is 9.59 Å². The highest BCUT2D eigenvalue weighted by Crippen LogP contribution is 2.25. The molecule has 0 spiro atoms. The Bertz CT molecular complexity index is 767. The van der Waals surface area contributed by atoms with E-state index in [1.807, 2.05) is 63.2 Å². The minimum atomic E-state index is -0.0367. The van der Waals surface area contributed by atoms with Crippen LogP contribution in [0.4, 0.5) is 11.4 Å². The fourth-order valence-electron chi connectivity index (χ4n) is 2.88. The van der Waals surface area contributed by atoms with Crippen LogP contribution in [0.1, 0.15) is 38.5 Å². The number of benzene rings is 1. The van der Waals surface area contributed by atoms with Gasteiger partial charge in [-0.05, 0) is 41.8 Å². The van der Waals surface area contributed by atoms with Crippen LogP contribution in [-0.4, -0.2) is 30.8 Å². The summed E-state index contributed by atoms with van der Waals surface area (Å²) in [6.45, 7) is 6.40. The van der Waals surface area contributed by atoms with Crippen LogP contribution in [0.25, 0.3) is 0 Å². The van der Waals surface area contributed by atoms with E-state index >= 15 is 0 Å². The summed E-state index contributed by atoms with van der Waals surface area (Å²) in [4.78, 5) is 28.0. The lowest BCUT2D eigenvalue weighted by Crippen LogP contribution is -2.28. The van der Waals surface area contributed by atoms with Crippen molar-refractivity contribution >= 4 is 23.2 Å². The van der Waals surface area contributed by atoms with Crippen molar-refractivity contribution in [2.75, 3.05) is 24.3 Å². The van der Waals surface area contributed by atoms with Crippen LogP contribution < -0.4 is 10.2 Å². The molecule has 6 nitrogen and oxygen atoms in total. The van der Waals surface area contributed by atoms with Gasteiger partial charge in [0.25, 0.3) is 0 Å². The molecule has 0 fully saturated rings. The molecule has 1 aromatic carbocycles. The van der Waals surface area contributed by atoms with Crippen molar-refractivity contribution in [3.8, 4) is 0 Å². The lowest BCUT2D eigenvalue weighted by Gasteiger charge is -2.25. The molecule has 2 aromatic rings. The average Bonchev–Trinajstić information content (AvgIpc) is 3.06. The predicted octanol–water partition coefficient (Wildman–Crippen LogP) is 3.88. The van der Waals surface area contributed by atoms with Gasteiger partial charge in [0.2, 0.25) is 11.8 Å². The van der Waals surface area contributed by atoms with Crippen molar-refractivity contribution in [1.82, 2.24) is 4.90 Å². The van der Waals surface area contributed by atoms with E-state index < -0.39 is 0 Å². The third kappa shape index (κ3) is 6.16. The van der Waals surface area contributed by atoms with Crippen molar-refractivity contribution < 1.29 is 14.0 Å². The normalized spacial score (nSPS) is 10.7. The summed E-state index contributed by atoms with van der Waals surface area (Å²) in [5, 5.41) is 2.95. The topological polar surface area (TPSA) is 65.8 Å². The first-order valence-electron chi connectivity index (χ1n) is 9.14. The standard InChI is InChI=1S/C21H29N3O3/c1-15(2)11-21(26)22-18-8-9-20(23(4)5)17(12-18)13-24(16(3)25)14-19-7-6-10-27-19/h6-10,12,15H,11,13-14H2,1-5H3,(H,22,26). The van der Waals surface area contributed by atoms with Gasteiger partial charge in [0, 0.05) is 45.4 Å². The van der Waals surface area contributed by atoms with Gasteiger partial charge in [-0.25, -0.2) is 0 Å². The van der Waals surface area contributed by atoms with Crippen LogP contribution in [0.5, 0.6) is 0 Å². The Morgan fingerprint density at radius 1 is 1.15 bits per heavy atom. The minimum absolute atomic E-state index is 0.00689. The Balaban J connectivity index is 2.24. The van der Waals surface area contributed by atoms with Crippen molar-refractivity contribution in [3.63, 3.8) is 0 Å². The van der Waals surface area contributed by atoms with Gasteiger partial charge in [0.05, 0.1) is 12.8 Å². The molecule has 1 heterocycles. The molecule has 0 bridgehead atoms. The van der Waals surface area contributed by atoms with Crippen molar-refractivity contribution in [2.24, 2.45) is 5.92 Å². The Hall–Kier alpha value is -2.76. The van der Waals surface area contributed by atoms with Crippen molar-refractivity contribution in [1.29, 1.82) is 0 Å². The van der Waals surface area contributed by atoms with E-state index in [0.717, 1.165) is 22.7 Å². The maximum Gasteiger partial charge on any atom is 0.224 e. The maximum absolute atomic E-state index is 12.1. The molecule has 2 amide bonds. The first-order chi connectivity index (χ1) is 12.8. The zero-order chi connectivity index (χ0) is 20.0. The van der Waals surface area contributed by atoms with Crippen LogP contribution >= 0.6 is 0 Å². The molecule has 0 aliphatic rings. The molecule has 27 heavy (non-hydrogen) atoms. The van der Waals surface area contributed by atoms with Gasteiger partial charge in [0.15, 0.2) is 0 Å². The molecule has 6 heteroatoms. The van der Waals surface area contributed by atoms with Crippen LogP contribution in [0.15, 0.2) is 41.0 Å². The molecule has 0 saturated heterocycles. The number of hydrogen-bond acceptors (Lipinski definition) is 4. The van der Waals surface area contributed by atoms with E-state index in [4.69, 9.17) is 4.42 Å². The fraction of sp³-hybridized carbons (Fsp3) is 0.429. The highest BCUT2D eigenvalue weighted by molar-refractivity contribution is 5.91. The van der Waals surface area contributed by atoms with Crippen LogP contribution in [0.2, 0.25) is 0 Å². The maximum atomic E-state index is 12.1. The second-order valence-electron chi connectivity index (χ2n) is 7.34. The first-order valence-corrected chi connectivity index (χ1v) is 9.14. The van der Waals surface area contributed by atoms with Crippen LogP contribution in [-0.2, 0) is 22.7 Å².